The summed E-state index contributed by atoms with van der Waals surface area (Å²) in [6, 6.07) is 11.2. The Labute approximate surface area is 126 Å². The fraction of sp³-hybridized carbons (Fsp3) is 0.412. The molecule has 2 nitrogen and oxygen atoms in total. The number of hydrogen-bond donors (Lipinski definition) is 2. The molecular weight excluding hydrogens is 264 g/mol. The highest BCUT2D eigenvalue weighted by molar-refractivity contribution is 7.10. The first kappa shape index (κ1) is 15.1. The van der Waals surface area contributed by atoms with Gasteiger partial charge in [0.15, 0.2) is 0 Å². The van der Waals surface area contributed by atoms with Gasteiger partial charge in [0.25, 0.3) is 0 Å². The second kappa shape index (κ2) is 6.91. The Hall–Kier alpha value is -1.32. The molecule has 1 heterocycles. The van der Waals surface area contributed by atoms with Gasteiger partial charge in [-0.15, -0.1) is 11.3 Å². The molecule has 0 aliphatic carbocycles. The molecule has 0 spiro atoms. The molecule has 108 valence electrons. The van der Waals surface area contributed by atoms with E-state index in [9.17, 15) is 0 Å². The largest absolute Gasteiger partial charge is 0.398 e. The molecule has 3 heteroatoms. The third-order valence-corrected chi connectivity index (χ3v) is 4.41. The van der Waals surface area contributed by atoms with Crippen LogP contribution in [0, 0.1) is 5.92 Å². The molecule has 0 saturated carbocycles. The fourth-order valence-electron chi connectivity index (χ4n) is 2.27. The van der Waals surface area contributed by atoms with Crippen LogP contribution < -0.4 is 11.1 Å². The minimum Gasteiger partial charge on any atom is -0.398 e. The minimum absolute atomic E-state index is 0.338. The van der Waals surface area contributed by atoms with Gasteiger partial charge in [0, 0.05) is 23.2 Å². The number of nitrogens with two attached hydrogens (primary N) is 1. The summed E-state index contributed by atoms with van der Waals surface area (Å²) in [4.78, 5) is 1.22. The second-order valence-corrected chi connectivity index (χ2v) is 6.74. The van der Waals surface area contributed by atoms with Gasteiger partial charge >= 0.3 is 0 Å². The molecule has 20 heavy (non-hydrogen) atoms. The molecule has 0 saturated heterocycles. The van der Waals surface area contributed by atoms with Gasteiger partial charge in [-0.2, -0.15) is 0 Å². The maximum atomic E-state index is 5.90. The van der Waals surface area contributed by atoms with Crippen molar-refractivity contribution < 1.29 is 0 Å². The Bertz CT molecular complexity index is 528. The molecule has 1 unspecified atom stereocenters. The maximum Gasteiger partial charge on any atom is 0.0468 e. The summed E-state index contributed by atoms with van der Waals surface area (Å²) in [5.74, 6) is 0.707. The SMILES string of the molecule is CC(C)Cc1ccc(C(C)NCc2sccc2N)cc1. The van der Waals surface area contributed by atoms with E-state index >= 15 is 0 Å². The van der Waals surface area contributed by atoms with Gasteiger partial charge in [-0.25, -0.2) is 0 Å². The monoisotopic (exact) mass is 288 g/mol. The molecule has 0 bridgehead atoms. The molecule has 1 atom stereocenters. The van der Waals surface area contributed by atoms with E-state index < -0.39 is 0 Å². The smallest absolute Gasteiger partial charge is 0.0468 e. The van der Waals surface area contributed by atoms with Crippen molar-refractivity contribution in [3.05, 3.63) is 51.7 Å². The Morgan fingerprint density at radius 2 is 1.80 bits per heavy atom. The molecule has 0 aliphatic rings. The van der Waals surface area contributed by atoms with Crippen molar-refractivity contribution in [2.75, 3.05) is 5.73 Å². The molecule has 2 rings (SSSR count). The average Bonchev–Trinajstić information content (AvgIpc) is 2.82. The van der Waals surface area contributed by atoms with Crippen molar-refractivity contribution >= 4 is 17.0 Å². The number of nitrogens with one attached hydrogen (secondary N) is 1. The van der Waals surface area contributed by atoms with Crippen LogP contribution in [0.15, 0.2) is 35.7 Å². The predicted molar refractivity (Wildman–Crippen MR) is 89.0 cm³/mol. The highest BCUT2D eigenvalue weighted by Gasteiger charge is 2.07. The van der Waals surface area contributed by atoms with Gasteiger partial charge in [-0.05, 0) is 41.8 Å². The van der Waals surface area contributed by atoms with Crippen LogP contribution >= 0.6 is 11.3 Å². The van der Waals surface area contributed by atoms with Crippen molar-refractivity contribution in [1.29, 1.82) is 0 Å². The molecule has 0 amide bonds. The standard InChI is InChI=1S/C17H24N2S/c1-12(2)10-14-4-6-15(7-5-14)13(3)19-11-17-16(18)8-9-20-17/h4-9,12-13,19H,10-11,18H2,1-3H3. The van der Waals surface area contributed by atoms with Gasteiger partial charge in [-0.3, -0.25) is 0 Å². The average molecular weight is 288 g/mol. The first-order valence-electron chi connectivity index (χ1n) is 7.20. The lowest BCUT2D eigenvalue weighted by molar-refractivity contribution is 0.579. The Morgan fingerprint density at radius 1 is 1.10 bits per heavy atom. The molecule has 0 aliphatic heterocycles. The maximum absolute atomic E-state index is 5.90. The summed E-state index contributed by atoms with van der Waals surface area (Å²) >= 11 is 1.71. The van der Waals surface area contributed by atoms with E-state index in [0.717, 1.165) is 18.7 Å². The van der Waals surface area contributed by atoms with Crippen LogP contribution in [-0.4, -0.2) is 0 Å². The predicted octanol–water partition coefficient (Wildman–Crippen LogP) is 4.38. The molecule has 1 aromatic carbocycles. The van der Waals surface area contributed by atoms with Crippen LogP contribution in [-0.2, 0) is 13.0 Å². The lowest BCUT2D eigenvalue weighted by atomic mass is 10.00. The summed E-state index contributed by atoms with van der Waals surface area (Å²) in [6.45, 7) is 7.53. The Balaban J connectivity index is 1.92. The highest BCUT2D eigenvalue weighted by atomic mass is 32.1. The van der Waals surface area contributed by atoms with Gasteiger partial charge < -0.3 is 11.1 Å². The van der Waals surface area contributed by atoms with E-state index in [1.807, 2.05) is 11.4 Å². The number of anilines is 1. The van der Waals surface area contributed by atoms with Crippen LogP contribution in [0.1, 0.15) is 42.8 Å². The van der Waals surface area contributed by atoms with Crippen molar-refractivity contribution in [2.45, 2.75) is 39.8 Å². The van der Waals surface area contributed by atoms with Gasteiger partial charge in [0.2, 0.25) is 0 Å². The summed E-state index contributed by atoms with van der Waals surface area (Å²) < 4.78 is 0. The molecule has 0 fully saturated rings. The van der Waals surface area contributed by atoms with Crippen molar-refractivity contribution in [2.24, 2.45) is 5.92 Å². The molecule has 0 radical (unpaired) electrons. The third-order valence-electron chi connectivity index (χ3n) is 3.47. The van der Waals surface area contributed by atoms with E-state index in [2.05, 4.69) is 50.4 Å². The van der Waals surface area contributed by atoms with E-state index in [1.165, 1.54) is 16.0 Å². The molecule has 3 N–H and O–H groups in total. The number of benzene rings is 1. The van der Waals surface area contributed by atoms with Crippen LogP contribution in [0.5, 0.6) is 0 Å². The summed E-state index contributed by atoms with van der Waals surface area (Å²) in [5.41, 5.74) is 9.53. The van der Waals surface area contributed by atoms with Gasteiger partial charge in [0.1, 0.15) is 0 Å². The number of nitrogen functional groups attached to an aromatic ring is 1. The zero-order valence-corrected chi connectivity index (χ0v) is 13.3. The lowest BCUT2D eigenvalue weighted by Gasteiger charge is -2.15. The first-order chi connectivity index (χ1) is 9.56. The fourth-order valence-corrected chi connectivity index (χ4v) is 3.02. The normalized spacial score (nSPS) is 12.8. The number of rotatable bonds is 6. The van der Waals surface area contributed by atoms with Gasteiger partial charge in [-0.1, -0.05) is 38.1 Å². The van der Waals surface area contributed by atoms with Crippen LogP contribution in [0.2, 0.25) is 0 Å². The van der Waals surface area contributed by atoms with Crippen molar-refractivity contribution in [3.8, 4) is 0 Å². The summed E-state index contributed by atoms with van der Waals surface area (Å²) in [6.07, 6.45) is 1.15. The first-order valence-corrected chi connectivity index (χ1v) is 8.08. The molecular formula is C17H24N2S. The third kappa shape index (κ3) is 4.09. The zero-order chi connectivity index (χ0) is 14.5. The Morgan fingerprint density at radius 3 is 2.35 bits per heavy atom. The van der Waals surface area contributed by atoms with E-state index in [-0.39, 0.29) is 0 Å². The van der Waals surface area contributed by atoms with E-state index in [0.29, 0.717) is 12.0 Å². The zero-order valence-electron chi connectivity index (χ0n) is 12.5. The van der Waals surface area contributed by atoms with Gasteiger partial charge in [0.05, 0.1) is 0 Å². The Kier molecular flexibility index (Phi) is 5.21. The van der Waals surface area contributed by atoms with Crippen molar-refractivity contribution in [1.82, 2.24) is 5.32 Å². The van der Waals surface area contributed by atoms with Crippen molar-refractivity contribution in [3.63, 3.8) is 0 Å². The quantitative estimate of drug-likeness (QED) is 0.828. The summed E-state index contributed by atoms with van der Waals surface area (Å²) in [7, 11) is 0. The van der Waals surface area contributed by atoms with Crippen LogP contribution in [0.3, 0.4) is 0 Å². The molecule has 2 aromatic rings. The number of thiophene rings is 1. The molecule has 1 aromatic heterocycles. The minimum atomic E-state index is 0.338. The summed E-state index contributed by atoms with van der Waals surface area (Å²) in [5, 5.41) is 5.57. The van der Waals surface area contributed by atoms with Crippen LogP contribution in [0.25, 0.3) is 0 Å². The van der Waals surface area contributed by atoms with E-state index in [4.69, 9.17) is 5.73 Å². The lowest BCUT2D eigenvalue weighted by Crippen LogP contribution is -2.18. The highest BCUT2D eigenvalue weighted by Crippen LogP contribution is 2.21. The van der Waals surface area contributed by atoms with E-state index in [1.54, 1.807) is 11.3 Å². The second-order valence-electron chi connectivity index (χ2n) is 5.74. The topological polar surface area (TPSA) is 38.0 Å². The number of hydrogen-bond acceptors (Lipinski definition) is 3. The van der Waals surface area contributed by atoms with Crippen LogP contribution in [0.4, 0.5) is 5.69 Å².